The quantitative estimate of drug-likeness (QED) is 0.376. The molecule has 4 N–H and O–H groups in total. The molecule has 2 aliphatic rings. The van der Waals surface area contributed by atoms with E-state index in [0.717, 1.165) is 66.1 Å². The average molecular weight is 452 g/mol. The van der Waals surface area contributed by atoms with Crippen molar-refractivity contribution in [2.45, 2.75) is 12.8 Å². The van der Waals surface area contributed by atoms with Gasteiger partial charge in [-0.3, -0.25) is 14.5 Å². The second kappa shape index (κ2) is 7.97. The van der Waals surface area contributed by atoms with Crippen LogP contribution in [0.1, 0.15) is 11.5 Å². The van der Waals surface area contributed by atoms with E-state index in [1.54, 1.807) is 18.9 Å². The molecule has 164 valence electrons. The zero-order valence-electron chi connectivity index (χ0n) is 17.2. The van der Waals surface area contributed by atoms with Gasteiger partial charge in [-0.25, -0.2) is 9.97 Å². The summed E-state index contributed by atoms with van der Waals surface area (Å²) in [4.78, 5) is 19.8. The molecule has 2 aliphatic heterocycles. The third kappa shape index (κ3) is 3.52. The van der Waals surface area contributed by atoms with Gasteiger partial charge in [-0.1, -0.05) is 11.6 Å². The molecular weight excluding hydrogens is 430 g/mol. The fraction of sp³-hybridized carbons (Fsp3) is 0.286. The highest BCUT2D eigenvalue weighted by Crippen LogP contribution is 2.25. The van der Waals surface area contributed by atoms with E-state index < -0.39 is 0 Å². The summed E-state index contributed by atoms with van der Waals surface area (Å²) in [6, 6.07) is 7.51. The highest BCUT2D eigenvalue weighted by molar-refractivity contribution is 6.31. The van der Waals surface area contributed by atoms with Crippen molar-refractivity contribution in [2.75, 3.05) is 31.5 Å². The van der Waals surface area contributed by atoms with Crippen LogP contribution >= 0.6 is 11.6 Å². The van der Waals surface area contributed by atoms with Crippen molar-refractivity contribution in [2.24, 2.45) is 4.99 Å². The van der Waals surface area contributed by atoms with Crippen LogP contribution in [0.3, 0.4) is 0 Å². The Morgan fingerprint density at radius 3 is 2.94 bits per heavy atom. The molecule has 0 radical (unpaired) electrons. The number of furan rings is 1. The molecule has 11 heteroatoms. The van der Waals surface area contributed by atoms with Gasteiger partial charge in [0, 0.05) is 37.3 Å². The van der Waals surface area contributed by atoms with Crippen LogP contribution < -0.4 is 16.0 Å². The Kier molecular flexibility index (Phi) is 4.82. The van der Waals surface area contributed by atoms with Gasteiger partial charge >= 0.3 is 0 Å². The number of piperazine rings is 1. The highest BCUT2D eigenvalue weighted by atomic mass is 35.5. The van der Waals surface area contributed by atoms with Gasteiger partial charge in [-0.15, -0.1) is 0 Å². The van der Waals surface area contributed by atoms with Crippen molar-refractivity contribution in [3.63, 3.8) is 0 Å². The van der Waals surface area contributed by atoms with Crippen LogP contribution in [0.15, 0.2) is 52.5 Å². The summed E-state index contributed by atoms with van der Waals surface area (Å²) in [7, 11) is 0. The molecule has 1 atom stereocenters. The van der Waals surface area contributed by atoms with Gasteiger partial charge in [0.2, 0.25) is 0 Å². The summed E-state index contributed by atoms with van der Waals surface area (Å²) in [6.07, 6.45) is 5.03. The van der Waals surface area contributed by atoms with Gasteiger partial charge < -0.3 is 25.4 Å². The molecule has 1 unspecified atom stereocenters. The molecule has 0 aliphatic carbocycles. The number of H-pyrrole nitrogens is 1. The smallest absolute Gasteiger partial charge is 0.157 e. The molecule has 0 saturated carbocycles. The van der Waals surface area contributed by atoms with Gasteiger partial charge in [0.05, 0.1) is 29.5 Å². The van der Waals surface area contributed by atoms with Crippen LogP contribution in [-0.4, -0.2) is 62.7 Å². The Balaban J connectivity index is 1.34. The molecule has 6 rings (SSSR count). The summed E-state index contributed by atoms with van der Waals surface area (Å²) in [5.41, 5.74) is 3.43. The molecule has 1 aromatic carbocycles. The lowest BCUT2D eigenvalue weighted by Crippen LogP contribution is -2.60. The number of rotatable bonds is 4. The fourth-order valence-corrected chi connectivity index (χ4v) is 4.29. The van der Waals surface area contributed by atoms with Crippen molar-refractivity contribution in [3.05, 3.63) is 59.7 Å². The van der Waals surface area contributed by atoms with Crippen molar-refractivity contribution in [3.8, 4) is 5.69 Å². The van der Waals surface area contributed by atoms with Crippen LogP contribution in [0.5, 0.6) is 0 Å². The number of halogens is 1. The maximum Gasteiger partial charge on any atom is 0.157 e. The van der Waals surface area contributed by atoms with E-state index in [9.17, 15) is 0 Å². The minimum Gasteiger partial charge on any atom is -0.470 e. The Hall–Kier alpha value is -3.34. The number of aromatic nitrogens is 4. The monoisotopic (exact) mass is 451 g/mol. The second-order valence-corrected chi connectivity index (χ2v) is 8.22. The molecule has 5 heterocycles. The van der Waals surface area contributed by atoms with E-state index in [0.29, 0.717) is 11.6 Å². The number of benzene rings is 1. The van der Waals surface area contributed by atoms with Gasteiger partial charge in [0.1, 0.15) is 29.9 Å². The topological polar surface area (TPSA) is 111 Å². The van der Waals surface area contributed by atoms with E-state index in [1.165, 1.54) is 0 Å². The first-order chi connectivity index (χ1) is 15.7. The maximum absolute atomic E-state index is 6.10. The van der Waals surface area contributed by atoms with Crippen molar-refractivity contribution < 1.29 is 4.42 Å². The minimum absolute atomic E-state index is 0.0971. The zero-order chi connectivity index (χ0) is 21.5. The average Bonchev–Trinajstić information content (AvgIpc) is 3.56. The lowest BCUT2D eigenvalue weighted by atomic mass is 10.3. The first-order valence-electron chi connectivity index (χ1n) is 10.5. The van der Waals surface area contributed by atoms with Gasteiger partial charge in [0.15, 0.2) is 12.1 Å². The summed E-state index contributed by atoms with van der Waals surface area (Å²) in [6.45, 7) is 4.14. The standard InChI is InChI=1S/C21H22ClN9O/c22-13-1-2-15-16(9-13)27-17(26-15)10-24-19-18-20(31(12-25-18)14-3-8-32-11-14)29-21(28-19)30-6-4-23-5-7-30/h1-3,8-9,11-12,21,23,29H,4-7,10H2,(H,24,28)(H,26,27). The number of hydrogen-bond acceptors (Lipinski definition) is 7. The Morgan fingerprint density at radius 1 is 1.19 bits per heavy atom. The first kappa shape index (κ1) is 19.4. The fourth-order valence-electron chi connectivity index (χ4n) is 4.12. The van der Waals surface area contributed by atoms with E-state index >= 15 is 0 Å². The molecule has 0 bridgehead atoms. The number of amidine groups is 1. The van der Waals surface area contributed by atoms with Gasteiger partial charge in [-0.05, 0) is 18.2 Å². The van der Waals surface area contributed by atoms with E-state index in [2.05, 4.69) is 35.8 Å². The van der Waals surface area contributed by atoms with Crippen molar-refractivity contribution >= 4 is 34.3 Å². The molecule has 4 aromatic rings. The maximum atomic E-state index is 6.10. The number of aliphatic imine (C=N–C) groups is 1. The van der Waals surface area contributed by atoms with Crippen LogP contribution in [0.2, 0.25) is 5.02 Å². The van der Waals surface area contributed by atoms with Crippen LogP contribution in [0.25, 0.3) is 16.7 Å². The van der Waals surface area contributed by atoms with Gasteiger partial charge in [-0.2, -0.15) is 0 Å². The predicted molar refractivity (Wildman–Crippen MR) is 122 cm³/mol. The van der Waals surface area contributed by atoms with Crippen LogP contribution in [0, 0.1) is 0 Å². The number of hydrogen-bond donors (Lipinski definition) is 4. The van der Waals surface area contributed by atoms with Crippen LogP contribution in [0.4, 0.5) is 5.82 Å². The molecule has 32 heavy (non-hydrogen) atoms. The highest BCUT2D eigenvalue weighted by Gasteiger charge is 2.31. The number of anilines is 1. The van der Waals surface area contributed by atoms with Crippen molar-refractivity contribution in [1.82, 2.24) is 35.1 Å². The lowest BCUT2D eigenvalue weighted by Gasteiger charge is -2.38. The van der Waals surface area contributed by atoms with Crippen molar-refractivity contribution in [1.29, 1.82) is 0 Å². The molecule has 1 saturated heterocycles. The normalized spacial score (nSPS) is 20.3. The van der Waals surface area contributed by atoms with E-state index in [4.69, 9.17) is 21.0 Å². The van der Waals surface area contributed by atoms with E-state index in [-0.39, 0.29) is 6.29 Å². The Bertz CT molecular complexity index is 1270. The predicted octanol–water partition coefficient (Wildman–Crippen LogP) is 2.15. The number of nitrogens with one attached hydrogen (secondary N) is 4. The van der Waals surface area contributed by atoms with Gasteiger partial charge in [0.25, 0.3) is 0 Å². The molecular formula is C21H22ClN9O. The zero-order valence-corrected chi connectivity index (χ0v) is 17.9. The SMILES string of the molecule is Clc1ccc2nc(CN=C3NC(N4CCNCC4)Nc4c3ncn4-c3ccoc3)[nH]c2c1. The number of imidazole rings is 2. The summed E-state index contributed by atoms with van der Waals surface area (Å²) < 4.78 is 7.26. The largest absolute Gasteiger partial charge is 0.470 e. The number of nitrogens with zero attached hydrogens (tertiary/aromatic N) is 5. The number of fused-ring (bicyclic) bond motifs is 2. The summed E-state index contributed by atoms with van der Waals surface area (Å²) >= 11 is 6.10. The molecule has 1 fully saturated rings. The molecule has 3 aromatic heterocycles. The van der Waals surface area contributed by atoms with Crippen LogP contribution in [-0.2, 0) is 6.54 Å². The summed E-state index contributed by atoms with van der Waals surface area (Å²) in [5.74, 6) is 2.37. The Labute approximate surface area is 188 Å². The molecule has 0 amide bonds. The Morgan fingerprint density at radius 2 is 2.09 bits per heavy atom. The third-order valence-corrected chi connectivity index (χ3v) is 5.95. The summed E-state index contributed by atoms with van der Waals surface area (Å²) in [5, 5.41) is 11.2. The first-order valence-corrected chi connectivity index (χ1v) is 10.9. The minimum atomic E-state index is -0.0971. The number of aromatic amines is 1. The lowest BCUT2D eigenvalue weighted by molar-refractivity contribution is 0.177. The molecule has 0 spiro atoms. The van der Waals surface area contributed by atoms with E-state index in [1.807, 2.05) is 28.8 Å². The molecule has 10 nitrogen and oxygen atoms in total. The third-order valence-electron chi connectivity index (χ3n) is 5.72. The second-order valence-electron chi connectivity index (χ2n) is 7.78.